The van der Waals surface area contributed by atoms with Gasteiger partial charge in [-0.05, 0) is 104 Å². The highest BCUT2D eigenvalue weighted by atomic mass is 35.5. The largest absolute Gasteiger partial charge is 0.342 e. The number of piperidine rings is 2. The molecule has 6 rings (SSSR count). The molecule has 3 aliphatic rings. The number of aryl methyl sites for hydroxylation is 2. The first kappa shape index (κ1) is 32.9. The fraction of sp³-hybridized carbons (Fsp3) is 0.600. The third kappa shape index (κ3) is 5.43. The number of likely N-dealkylation sites (tertiary alicyclic amines) is 2. The second-order valence-corrected chi connectivity index (χ2v) is 15.5. The minimum atomic E-state index is -1.49. The average Bonchev–Trinajstić information content (AvgIpc) is 3.58. The fourth-order valence-electron chi connectivity index (χ4n) is 8.37. The van der Waals surface area contributed by atoms with Crippen molar-refractivity contribution >= 4 is 17.5 Å². The second kappa shape index (κ2) is 11.6. The predicted molar refractivity (Wildman–Crippen MR) is 171 cm³/mol. The van der Waals surface area contributed by atoms with Crippen molar-refractivity contribution in [2.75, 3.05) is 26.2 Å². The molecule has 2 fully saturated rings. The van der Waals surface area contributed by atoms with Crippen molar-refractivity contribution in [3.63, 3.8) is 0 Å². The Labute approximate surface area is 274 Å². The van der Waals surface area contributed by atoms with E-state index in [1.54, 1.807) is 6.33 Å². The lowest BCUT2D eigenvalue weighted by Gasteiger charge is -2.47. The molecule has 2 saturated heterocycles. The molecular weight excluding hydrogens is 613 g/mol. The molecular formula is C35H44ClF3N6O. The molecule has 7 nitrogen and oxygen atoms in total. The van der Waals surface area contributed by atoms with Crippen LogP contribution < -0.4 is 0 Å². The second-order valence-electron chi connectivity index (χ2n) is 15.1. The summed E-state index contributed by atoms with van der Waals surface area (Å²) in [5.74, 6) is -4.15. The van der Waals surface area contributed by atoms with Crippen LogP contribution in [0.5, 0.6) is 0 Å². The van der Waals surface area contributed by atoms with Gasteiger partial charge in [-0.1, -0.05) is 17.7 Å². The number of carbonyl (C=O) groups excluding carboxylic acids is 1. The van der Waals surface area contributed by atoms with Gasteiger partial charge >= 0.3 is 0 Å². The number of hydrogen-bond acceptors (Lipinski definition) is 5. The smallest absolute Gasteiger partial charge is 0.226 e. The number of aromatic nitrogens is 4. The molecule has 11 heteroatoms. The molecule has 0 saturated carbocycles. The number of carbonyl (C=O) groups is 1. The first-order valence-corrected chi connectivity index (χ1v) is 16.6. The van der Waals surface area contributed by atoms with Crippen LogP contribution in [0, 0.1) is 37.2 Å². The highest BCUT2D eigenvalue weighted by Gasteiger charge is 2.53. The zero-order valence-corrected chi connectivity index (χ0v) is 28.6. The minimum absolute atomic E-state index is 0.0481. The zero-order valence-electron chi connectivity index (χ0n) is 27.8. The van der Waals surface area contributed by atoms with Crippen molar-refractivity contribution in [2.45, 2.75) is 102 Å². The summed E-state index contributed by atoms with van der Waals surface area (Å²) in [6.45, 7) is 16.6. The quantitative estimate of drug-likeness (QED) is 0.282. The van der Waals surface area contributed by atoms with E-state index < -0.39 is 29.3 Å². The average molecular weight is 657 g/mol. The molecule has 2 aliphatic heterocycles. The van der Waals surface area contributed by atoms with Gasteiger partial charge in [0.05, 0.1) is 16.4 Å². The van der Waals surface area contributed by atoms with E-state index in [-0.39, 0.29) is 33.9 Å². The summed E-state index contributed by atoms with van der Waals surface area (Å²) in [6, 6.07) is 4.35. The first-order valence-electron chi connectivity index (χ1n) is 16.3. The van der Waals surface area contributed by atoms with Crippen LogP contribution in [0.1, 0.15) is 100 Å². The van der Waals surface area contributed by atoms with Crippen LogP contribution in [0.3, 0.4) is 0 Å². The SMILES string of the molecule is Cc1nc2c(cc1Cl)[C@H](C(C)(C)n1cnnc1C)CC21CCN(C(=O)[C@@H]2CCN(C(C)(C)C)C[C@H]2c2ccc(F)c(F)c2F)CC1. The molecule has 2 aromatic heterocycles. The number of halogens is 4. The maximum atomic E-state index is 15.2. The van der Waals surface area contributed by atoms with Crippen molar-refractivity contribution in [3.8, 4) is 0 Å². The Kier molecular flexibility index (Phi) is 8.32. The third-order valence-corrected chi connectivity index (χ3v) is 11.6. The third-order valence-electron chi connectivity index (χ3n) is 11.2. The number of amides is 1. The minimum Gasteiger partial charge on any atom is -0.342 e. The van der Waals surface area contributed by atoms with Gasteiger partial charge in [0.25, 0.3) is 0 Å². The Morgan fingerprint density at radius 1 is 1.00 bits per heavy atom. The van der Waals surface area contributed by atoms with E-state index in [2.05, 4.69) is 60.3 Å². The van der Waals surface area contributed by atoms with Crippen LogP contribution >= 0.6 is 11.6 Å². The van der Waals surface area contributed by atoms with Crippen LogP contribution in [-0.2, 0) is 15.7 Å². The van der Waals surface area contributed by atoms with E-state index in [1.165, 1.54) is 6.07 Å². The highest BCUT2D eigenvalue weighted by molar-refractivity contribution is 6.31. The van der Waals surface area contributed by atoms with Gasteiger partial charge in [0.2, 0.25) is 5.91 Å². The van der Waals surface area contributed by atoms with Crippen LogP contribution in [0.4, 0.5) is 13.2 Å². The van der Waals surface area contributed by atoms with E-state index in [9.17, 15) is 13.6 Å². The summed E-state index contributed by atoms with van der Waals surface area (Å²) in [6.07, 6.45) is 4.62. The molecule has 0 bridgehead atoms. The lowest BCUT2D eigenvalue weighted by Crippen LogP contribution is -2.54. The summed E-state index contributed by atoms with van der Waals surface area (Å²) in [7, 11) is 0. The Morgan fingerprint density at radius 2 is 1.70 bits per heavy atom. The van der Waals surface area contributed by atoms with Gasteiger partial charge in [0.15, 0.2) is 17.5 Å². The molecule has 0 N–H and O–H groups in total. The Bertz CT molecular complexity index is 1660. The van der Waals surface area contributed by atoms with Crippen LogP contribution in [0.2, 0.25) is 5.02 Å². The topological polar surface area (TPSA) is 67.2 Å². The summed E-state index contributed by atoms with van der Waals surface area (Å²) in [5.41, 5.74) is 2.25. The monoisotopic (exact) mass is 656 g/mol. The Balaban J connectivity index is 1.28. The van der Waals surface area contributed by atoms with E-state index in [0.717, 1.165) is 48.1 Å². The van der Waals surface area contributed by atoms with Crippen LogP contribution in [0.15, 0.2) is 24.5 Å². The number of pyridine rings is 1. The highest BCUT2D eigenvalue weighted by Crippen LogP contribution is 2.56. The predicted octanol–water partition coefficient (Wildman–Crippen LogP) is 7.05. The van der Waals surface area contributed by atoms with Crippen molar-refractivity contribution < 1.29 is 18.0 Å². The van der Waals surface area contributed by atoms with Gasteiger partial charge in [-0.15, -0.1) is 10.2 Å². The Morgan fingerprint density at radius 3 is 2.33 bits per heavy atom. The molecule has 1 amide bonds. The number of nitrogens with zero attached hydrogens (tertiary/aromatic N) is 6. The number of rotatable bonds is 4. The summed E-state index contributed by atoms with van der Waals surface area (Å²) in [4.78, 5) is 23.5. The molecule has 3 atom stereocenters. The Hall–Kier alpha value is -2.98. The number of hydrogen-bond donors (Lipinski definition) is 0. The lowest BCUT2D eigenvalue weighted by atomic mass is 9.72. The fourth-order valence-corrected chi connectivity index (χ4v) is 8.53. The van der Waals surface area contributed by atoms with Crippen molar-refractivity contribution in [1.29, 1.82) is 0 Å². The van der Waals surface area contributed by atoms with Gasteiger partial charge in [0, 0.05) is 53.9 Å². The molecule has 1 aliphatic carbocycles. The van der Waals surface area contributed by atoms with Gasteiger partial charge in [0.1, 0.15) is 12.2 Å². The van der Waals surface area contributed by atoms with Crippen molar-refractivity contribution in [1.82, 2.24) is 29.5 Å². The zero-order chi connectivity index (χ0) is 33.3. The standard InChI is InChI=1S/C35H44ClF3N6O/c1-20-27(36)16-24-26(34(6,7)45-19-40-42-21(45)2)17-35(31(24)41-20)11-14-43(15-12-35)32(46)23-10-13-44(33(3,4)5)18-25(23)22-8-9-28(37)30(39)29(22)38/h8-9,16,19,23,25-26H,10-15,17-18H2,1-7H3/t23-,25+,26-/m1/s1. The van der Waals surface area contributed by atoms with E-state index in [4.69, 9.17) is 16.6 Å². The van der Waals surface area contributed by atoms with Crippen LogP contribution in [0.25, 0.3) is 0 Å². The van der Waals surface area contributed by atoms with Crippen molar-refractivity contribution in [2.24, 2.45) is 5.92 Å². The molecule has 1 aromatic carbocycles. The molecule has 0 unspecified atom stereocenters. The summed E-state index contributed by atoms with van der Waals surface area (Å²) in [5, 5.41) is 9.03. The summed E-state index contributed by atoms with van der Waals surface area (Å²) >= 11 is 6.65. The molecule has 248 valence electrons. The van der Waals surface area contributed by atoms with E-state index in [1.807, 2.05) is 18.7 Å². The number of benzene rings is 1. The molecule has 46 heavy (non-hydrogen) atoms. The molecule has 4 heterocycles. The first-order chi connectivity index (χ1) is 21.5. The lowest BCUT2D eigenvalue weighted by molar-refractivity contribution is -0.140. The molecule has 0 radical (unpaired) electrons. The van der Waals surface area contributed by atoms with Crippen LogP contribution in [-0.4, -0.2) is 67.2 Å². The van der Waals surface area contributed by atoms with Gasteiger partial charge in [-0.2, -0.15) is 0 Å². The maximum absolute atomic E-state index is 15.2. The maximum Gasteiger partial charge on any atom is 0.226 e. The summed E-state index contributed by atoms with van der Waals surface area (Å²) < 4.78 is 45.7. The normalized spacial score (nSPS) is 23.6. The molecule has 3 aromatic rings. The van der Waals surface area contributed by atoms with E-state index >= 15 is 4.39 Å². The van der Waals surface area contributed by atoms with Gasteiger partial charge in [-0.3, -0.25) is 14.7 Å². The van der Waals surface area contributed by atoms with Gasteiger partial charge < -0.3 is 9.47 Å². The van der Waals surface area contributed by atoms with Crippen molar-refractivity contribution in [3.05, 3.63) is 75.3 Å². The van der Waals surface area contributed by atoms with E-state index in [0.29, 0.717) is 37.6 Å². The molecule has 1 spiro atoms. The number of fused-ring (bicyclic) bond motifs is 2. The van der Waals surface area contributed by atoms with Gasteiger partial charge in [-0.25, -0.2) is 13.2 Å².